The van der Waals surface area contributed by atoms with Crippen LogP contribution in [0.4, 0.5) is 11.4 Å². The van der Waals surface area contributed by atoms with Gasteiger partial charge in [-0.05, 0) is 36.3 Å². The molecule has 1 aliphatic carbocycles. The quantitative estimate of drug-likeness (QED) is 0.354. The van der Waals surface area contributed by atoms with E-state index in [2.05, 4.69) is 27.8 Å². The predicted molar refractivity (Wildman–Crippen MR) is 111 cm³/mol. The first-order valence-electron chi connectivity index (χ1n) is 8.61. The zero-order valence-corrected chi connectivity index (χ0v) is 15.8. The molecule has 5 nitrogen and oxygen atoms in total. The minimum Gasteiger partial charge on any atom is -0.357 e. The SMILES string of the molecule is CSC(=Nc1ccccc1NC1=CC(=O)CC(c2ccccc2)C1)NC#N. The van der Waals surface area contributed by atoms with Gasteiger partial charge in [-0.25, -0.2) is 4.99 Å². The number of hydrogen-bond acceptors (Lipinski definition) is 5. The van der Waals surface area contributed by atoms with Crippen LogP contribution in [0.25, 0.3) is 0 Å². The number of aliphatic imine (C=N–C) groups is 1. The molecule has 0 spiro atoms. The lowest BCUT2D eigenvalue weighted by molar-refractivity contribution is -0.115. The molecule has 0 saturated heterocycles. The van der Waals surface area contributed by atoms with Crippen LogP contribution in [-0.2, 0) is 4.79 Å². The highest BCUT2D eigenvalue weighted by molar-refractivity contribution is 8.13. The van der Waals surface area contributed by atoms with Crippen LogP contribution >= 0.6 is 11.8 Å². The average molecular weight is 376 g/mol. The van der Waals surface area contributed by atoms with E-state index in [1.54, 1.807) is 6.08 Å². The second-order valence-electron chi connectivity index (χ2n) is 6.15. The number of carbonyl (C=O) groups excluding carboxylic acids is 1. The number of anilines is 1. The van der Waals surface area contributed by atoms with Crippen molar-refractivity contribution in [2.75, 3.05) is 11.6 Å². The lowest BCUT2D eigenvalue weighted by Gasteiger charge is -2.24. The van der Waals surface area contributed by atoms with E-state index in [1.165, 1.54) is 17.3 Å². The molecule has 0 bridgehead atoms. The van der Waals surface area contributed by atoms with Crippen molar-refractivity contribution < 1.29 is 4.79 Å². The van der Waals surface area contributed by atoms with Gasteiger partial charge >= 0.3 is 0 Å². The Morgan fingerprint density at radius 1 is 1.15 bits per heavy atom. The summed E-state index contributed by atoms with van der Waals surface area (Å²) in [5.74, 6) is 0.290. The van der Waals surface area contributed by atoms with Crippen LogP contribution in [0.3, 0.4) is 0 Å². The predicted octanol–water partition coefficient (Wildman–Crippen LogP) is 4.55. The fraction of sp³-hybridized carbons (Fsp3) is 0.190. The Balaban J connectivity index is 1.83. The number of amidine groups is 1. The number of nitriles is 1. The maximum Gasteiger partial charge on any atom is 0.183 e. The summed E-state index contributed by atoms with van der Waals surface area (Å²) in [7, 11) is 0. The average Bonchev–Trinajstić information content (AvgIpc) is 2.69. The molecule has 2 N–H and O–H groups in total. The van der Waals surface area contributed by atoms with E-state index in [-0.39, 0.29) is 11.7 Å². The number of para-hydroxylation sites is 2. The van der Waals surface area contributed by atoms with Gasteiger partial charge in [-0.1, -0.05) is 54.2 Å². The van der Waals surface area contributed by atoms with Crippen molar-refractivity contribution in [1.29, 1.82) is 5.26 Å². The lowest BCUT2D eigenvalue weighted by Crippen LogP contribution is -2.17. The molecule has 1 unspecified atom stereocenters. The van der Waals surface area contributed by atoms with Crippen molar-refractivity contribution >= 4 is 34.1 Å². The summed E-state index contributed by atoms with van der Waals surface area (Å²) in [6.07, 6.45) is 6.72. The van der Waals surface area contributed by atoms with Crippen LogP contribution in [0, 0.1) is 11.5 Å². The Morgan fingerprint density at radius 2 is 1.89 bits per heavy atom. The molecule has 0 heterocycles. The van der Waals surface area contributed by atoms with Crippen molar-refractivity contribution in [3.63, 3.8) is 0 Å². The molecule has 0 fully saturated rings. The van der Waals surface area contributed by atoms with Crippen LogP contribution in [0.5, 0.6) is 0 Å². The number of nitrogens with zero attached hydrogens (tertiary/aromatic N) is 2. The summed E-state index contributed by atoms with van der Waals surface area (Å²) in [4.78, 5) is 16.7. The Bertz CT molecular complexity index is 915. The summed E-state index contributed by atoms with van der Waals surface area (Å²) >= 11 is 1.36. The first kappa shape index (κ1) is 18.7. The second-order valence-corrected chi connectivity index (χ2v) is 6.95. The molecule has 0 radical (unpaired) electrons. The fourth-order valence-electron chi connectivity index (χ4n) is 3.07. The minimum atomic E-state index is 0.120. The van der Waals surface area contributed by atoms with Crippen molar-refractivity contribution in [3.05, 3.63) is 71.9 Å². The van der Waals surface area contributed by atoms with E-state index in [0.29, 0.717) is 17.3 Å². The standard InChI is InChI=1S/C21H20N4OS/c1-27-21(23-14-22)25-20-10-6-5-9-19(20)24-17-11-16(12-18(26)13-17)15-7-3-2-4-8-15/h2-10,13,16,24H,11-12H2,1H3,(H,23,25). The van der Waals surface area contributed by atoms with Crippen LogP contribution < -0.4 is 10.6 Å². The number of allylic oxidation sites excluding steroid dienone is 2. The summed E-state index contributed by atoms with van der Waals surface area (Å²) in [5, 5.41) is 15.3. The van der Waals surface area contributed by atoms with E-state index < -0.39 is 0 Å². The molecule has 27 heavy (non-hydrogen) atoms. The van der Waals surface area contributed by atoms with E-state index in [9.17, 15) is 4.79 Å². The van der Waals surface area contributed by atoms with Gasteiger partial charge in [0.15, 0.2) is 17.1 Å². The zero-order valence-electron chi connectivity index (χ0n) is 15.0. The van der Waals surface area contributed by atoms with Gasteiger partial charge in [-0.3, -0.25) is 10.1 Å². The number of rotatable bonds is 4. The molecule has 3 rings (SSSR count). The number of thioether (sulfide) groups is 1. The number of ketones is 1. The third-order valence-electron chi connectivity index (χ3n) is 4.30. The molecular weight excluding hydrogens is 356 g/mol. The Morgan fingerprint density at radius 3 is 2.63 bits per heavy atom. The van der Waals surface area contributed by atoms with Gasteiger partial charge in [0.25, 0.3) is 0 Å². The van der Waals surface area contributed by atoms with Crippen molar-refractivity contribution in [3.8, 4) is 6.19 Å². The molecule has 0 aliphatic heterocycles. The molecule has 1 atom stereocenters. The second kappa shape index (κ2) is 9.06. The molecule has 136 valence electrons. The summed E-state index contributed by atoms with van der Waals surface area (Å²) in [6.45, 7) is 0. The summed E-state index contributed by atoms with van der Waals surface area (Å²) < 4.78 is 0. The Kier molecular flexibility index (Phi) is 6.29. The first-order valence-corrected chi connectivity index (χ1v) is 9.84. The smallest absolute Gasteiger partial charge is 0.183 e. The molecule has 0 aromatic heterocycles. The molecule has 2 aromatic rings. The highest BCUT2D eigenvalue weighted by atomic mass is 32.2. The summed E-state index contributed by atoms with van der Waals surface area (Å²) in [5.41, 5.74) is 3.56. The van der Waals surface area contributed by atoms with Gasteiger partial charge < -0.3 is 5.32 Å². The highest BCUT2D eigenvalue weighted by Gasteiger charge is 2.22. The molecule has 2 aromatic carbocycles. The summed E-state index contributed by atoms with van der Waals surface area (Å²) in [6, 6.07) is 17.7. The third-order valence-corrected chi connectivity index (χ3v) is 4.88. The van der Waals surface area contributed by atoms with Gasteiger partial charge in [0.1, 0.15) is 0 Å². The van der Waals surface area contributed by atoms with Crippen LogP contribution in [0.15, 0.2) is 71.4 Å². The molecule has 0 saturated carbocycles. The minimum absolute atomic E-state index is 0.120. The first-order chi connectivity index (χ1) is 13.2. The largest absolute Gasteiger partial charge is 0.357 e. The van der Waals surface area contributed by atoms with Gasteiger partial charge in [-0.2, -0.15) is 5.26 Å². The normalized spacial score (nSPS) is 17.0. The van der Waals surface area contributed by atoms with Crippen LogP contribution in [-0.4, -0.2) is 17.2 Å². The monoisotopic (exact) mass is 376 g/mol. The zero-order chi connectivity index (χ0) is 19.1. The van der Waals surface area contributed by atoms with Crippen molar-refractivity contribution in [1.82, 2.24) is 5.32 Å². The van der Waals surface area contributed by atoms with Crippen molar-refractivity contribution in [2.45, 2.75) is 18.8 Å². The van der Waals surface area contributed by atoms with Gasteiger partial charge in [0.05, 0.1) is 11.4 Å². The number of hydrogen-bond donors (Lipinski definition) is 2. The van der Waals surface area contributed by atoms with E-state index in [1.807, 2.05) is 54.9 Å². The van der Waals surface area contributed by atoms with Gasteiger partial charge in [0.2, 0.25) is 0 Å². The molecular formula is C21H20N4OS. The number of nitrogens with one attached hydrogen (secondary N) is 2. The van der Waals surface area contributed by atoms with Gasteiger partial charge in [0, 0.05) is 18.2 Å². The van der Waals surface area contributed by atoms with E-state index in [4.69, 9.17) is 5.26 Å². The van der Waals surface area contributed by atoms with Crippen LogP contribution in [0.2, 0.25) is 0 Å². The topological polar surface area (TPSA) is 77.3 Å². The van der Waals surface area contributed by atoms with E-state index in [0.717, 1.165) is 17.8 Å². The van der Waals surface area contributed by atoms with Gasteiger partial charge in [-0.15, -0.1) is 0 Å². The molecule has 1 aliphatic rings. The van der Waals surface area contributed by atoms with Crippen molar-refractivity contribution in [2.24, 2.45) is 4.99 Å². The maximum atomic E-state index is 12.2. The molecule has 6 heteroatoms. The Hall–Kier alpha value is -3.04. The highest BCUT2D eigenvalue weighted by Crippen LogP contribution is 2.34. The third kappa shape index (κ3) is 4.99. The number of benzene rings is 2. The number of carbonyl (C=O) groups is 1. The lowest BCUT2D eigenvalue weighted by atomic mass is 9.85. The maximum absolute atomic E-state index is 12.2. The van der Waals surface area contributed by atoms with E-state index >= 15 is 0 Å². The fourth-order valence-corrected chi connectivity index (χ4v) is 3.41. The van der Waals surface area contributed by atoms with Crippen LogP contribution in [0.1, 0.15) is 24.3 Å². The Labute approximate surface area is 163 Å². The molecule has 0 amide bonds.